The van der Waals surface area contributed by atoms with Crippen molar-refractivity contribution in [3.8, 4) is 0 Å². The van der Waals surface area contributed by atoms with Crippen LogP contribution in [0.4, 0.5) is 5.69 Å². The maximum atomic E-state index is 10.7. The highest BCUT2D eigenvalue weighted by molar-refractivity contribution is 6.32. The highest BCUT2D eigenvalue weighted by Gasteiger charge is 2.21. The molecule has 0 amide bonds. The zero-order valence-electron chi connectivity index (χ0n) is 11.4. The van der Waals surface area contributed by atoms with Crippen LogP contribution in [-0.4, -0.2) is 37.4 Å². The van der Waals surface area contributed by atoms with Crippen LogP contribution in [0.1, 0.15) is 18.4 Å². The summed E-state index contributed by atoms with van der Waals surface area (Å²) in [7, 11) is 1.72. The fourth-order valence-electron chi connectivity index (χ4n) is 2.47. The summed E-state index contributed by atoms with van der Waals surface area (Å²) in [4.78, 5) is 12.9. The van der Waals surface area contributed by atoms with Crippen molar-refractivity contribution in [1.29, 1.82) is 0 Å². The summed E-state index contributed by atoms with van der Waals surface area (Å²) < 4.78 is 5.42. The lowest BCUT2D eigenvalue weighted by Crippen LogP contribution is -2.39. The number of carboxylic acid groups (broad SMARTS) is 1. The van der Waals surface area contributed by atoms with Crippen LogP contribution in [0.5, 0.6) is 0 Å². The van der Waals surface area contributed by atoms with Crippen molar-refractivity contribution in [1.82, 2.24) is 0 Å². The van der Waals surface area contributed by atoms with Crippen LogP contribution in [0.3, 0.4) is 0 Å². The molecule has 1 atom stereocenters. The van der Waals surface area contributed by atoms with E-state index in [2.05, 4.69) is 4.90 Å². The first-order valence-electron chi connectivity index (χ1n) is 6.59. The number of hydrogen-bond donors (Lipinski definition) is 1. The summed E-state index contributed by atoms with van der Waals surface area (Å²) in [5, 5.41) is 9.34. The van der Waals surface area contributed by atoms with Gasteiger partial charge in [-0.05, 0) is 31.1 Å². The Labute approximate surface area is 123 Å². The van der Waals surface area contributed by atoms with Gasteiger partial charge in [-0.2, -0.15) is 0 Å². The predicted molar refractivity (Wildman–Crippen MR) is 80.4 cm³/mol. The van der Waals surface area contributed by atoms with Gasteiger partial charge in [-0.1, -0.05) is 17.7 Å². The molecule has 0 saturated carbocycles. The third kappa shape index (κ3) is 3.52. The van der Waals surface area contributed by atoms with Gasteiger partial charge in [0.15, 0.2) is 0 Å². The van der Waals surface area contributed by atoms with Gasteiger partial charge in [0.25, 0.3) is 0 Å². The van der Waals surface area contributed by atoms with Gasteiger partial charge < -0.3 is 14.7 Å². The SMILES string of the molecule is COC1CCCN(c2cccc(Cl)c2/C=C/C(=O)O)C1. The Morgan fingerprint density at radius 2 is 2.35 bits per heavy atom. The molecule has 0 aromatic heterocycles. The number of benzene rings is 1. The number of piperidine rings is 1. The average molecular weight is 296 g/mol. The molecule has 0 spiro atoms. The van der Waals surface area contributed by atoms with E-state index >= 15 is 0 Å². The standard InChI is InChI=1S/C15H18ClNO3/c1-20-11-4-3-9-17(10-11)14-6-2-5-13(16)12(14)7-8-15(18)19/h2,5-8,11H,3-4,9-10H2,1H3,(H,18,19)/b8-7+. The molecule has 1 fully saturated rings. The van der Waals surface area contributed by atoms with Crippen molar-refractivity contribution in [2.45, 2.75) is 18.9 Å². The largest absolute Gasteiger partial charge is 0.478 e. The average Bonchev–Trinajstić information content (AvgIpc) is 2.45. The first-order chi connectivity index (χ1) is 9.61. The molecule has 2 rings (SSSR count). The summed E-state index contributed by atoms with van der Waals surface area (Å²) in [6.45, 7) is 1.72. The van der Waals surface area contributed by atoms with Crippen LogP contribution in [0.25, 0.3) is 6.08 Å². The molecule has 1 aromatic rings. The predicted octanol–water partition coefficient (Wildman–Crippen LogP) is 3.05. The van der Waals surface area contributed by atoms with Crippen LogP contribution < -0.4 is 4.90 Å². The second-order valence-corrected chi connectivity index (χ2v) is 5.20. The molecule has 1 aliphatic heterocycles. The number of halogens is 1. The van der Waals surface area contributed by atoms with E-state index in [9.17, 15) is 4.79 Å². The number of anilines is 1. The molecule has 1 N–H and O–H groups in total. The number of ether oxygens (including phenoxy) is 1. The molecule has 1 aromatic carbocycles. The van der Waals surface area contributed by atoms with Crippen molar-refractivity contribution in [2.24, 2.45) is 0 Å². The molecule has 4 nitrogen and oxygen atoms in total. The number of carboxylic acids is 1. The number of rotatable bonds is 4. The topological polar surface area (TPSA) is 49.8 Å². The summed E-state index contributed by atoms with van der Waals surface area (Å²) in [6, 6.07) is 5.61. The van der Waals surface area contributed by atoms with E-state index < -0.39 is 5.97 Å². The van der Waals surface area contributed by atoms with E-state index in [1.807, 2.05) is 12.1 Å². The van der Waals surface area contributed by atoms with Crippen molar-refractivity contribution >= 4 is 29.3 Å². The molecule has 0 bridgehead atoms. The monoisotopic (exact) mass is 295 g/mol. The minimum absolute atomic E-state index is 0.207. The molecule has 1 aliphatic rings. The van der Waals surface area contributed by atoms with Crippen LogP contribution >= 0.6 is 11.6 Å². The van der Waals surface area contributed by atoms with Crippen molar-refractivity contribution in [3.05, 3.63) is 34.9 Å². The molecule has 0 radical (unpaired) electrons. The highest BCUT2D eigenvalue weighted by atomic mass is 35.5. The van der Waals surface area contributed by atoms with Gasteiger partial charge in [0, 0.05) is 42.5 Å². The summed E-state index contributed by atoms with van der Waals surface area (Å²) in [6.07, 6.45) is 4.97. The smallest absolute Gasteiger partial charge is 0.328 e. The van der Waals surface area contributed by atoms with Crippen LogP contribution in [0.15, 0.2) is 24.3 Å². The van der Waals surface area contributed by atoms with Gasteiger partial charge >= 0.3 is 5.97 Å². The lowest BCUT2D eigenvalue weighted by atomic mass is 10.0. The molecular weight excluding hydrogens is 278 g/mol. The van der Waals surface area contributed by atoms with Crippen LogP contribution in [0.2, 0.25) is 5.02 Å². The molecular formula is C15H18ClNO3. The van der Waals surface area contributed by atoms with E-state index in [0.29, 0.717) is 5.02 Å². The fourth-order valence-corrected chi connectivity index (χ4v) is 2.70. The van der Waals surface area contributed by atoms with E-state index in [4.69, 9.17) is 21.4 Å². The Kier molecular flexibility index (Phi) is 5.04. The Balaban J connectivity index is 2.30. The van der Waals surface area contributed by atoms with Gasteiger partial charge in [0.05, 0.1) is 6.10 Å². The molecule has 108 valence electrons. The molecule has 0 aliphatic carbocycles. The van der Waals surface area contributed by atoms with E-state index in [0.717, 1.165) is 43.3 Å². The van der Waals surface area contributed by atoms with Gasteiger partial charge in [-0.3, -0.25) is 0 Å². The summed E-state index contributed by atoms with van der Waals surface area (Å²) in [5.74, 6) is -0.982. The Hall–Kier alpha value is -1.52. The number of hydrogen-bond acceptors (Lipinski definition) is 3. The maximum absolute atomic E-state index is 10.7. The van der Waals surface area contributed by atoms with Gasteiger partial charge in [-0.15, -0.1) is 0 Å². The lowest BCUT2D eigenvalue weighted by molar-refractivity contribution is -0.131. The van der Waals surface area contributed by atoms with Gasteiger partial charge in [0.1, 0.15) is 0 Å². The normalized spacial score (nSPS) is 19.5. The molecule has 20 heavy (non-hydrogen) atoms. The quantitative estimate of drug-likeness (QED) is 0.868. The third-order valence-corrected chi connectivity index (χ3v) is 3.80. The third-order valence-electron chi connectivity index (χ3n) is 3.47. The Morgan fingerprint density at radius 1 is 1.55 bits per heavy atom. The van der Waals surface area contributed by atoms with E-state index in [1.54, 1.807) is 19.3 Å². The van der Waals surface area contributed by atoms with Crippen LogP contribution in [0, 0.1) is 0 Å². The summed E-state index contributed by atoms with van der Waals surface area (Å²) in [5.41, 5.74) is 1.70. The fraction of sp³-hybridized carbons (Fsp3) is 0.400. The Morgan fingerprint density at radius 3 is 3.05 bits per heavy atom. The first-order valence-corrected chi connectivity index (χ1v) is 6.97. The van der Waals surface area contributed by atoms with Crippen molar-refractivity contribution in [3.63, 3.8) is 0 Å². The van der Waals surface area contributed by atoms with Crippen molar-refractivity contribution in [2.75, 3.05) is 25.1 Å². The highest BCUT2D eigenvalue weighted by Crippen LogP contribution is 2.31. The zero-order chi connectivity index (χ0) is 14.5. The van der Waals surface area contributed by atoms with Gasteiger partial charge in [-0.25, -0.2) is 4.79 Å². The number of methoxy groups -OCH3 is 1. The summed E-state index contributed by atoms with van der Waals surface area (Å²) >= 11 is 6.20. The minimum Gasteiger partial charge on any atom is -0.478 e. The number of aliphatic carboxylic acids is 1. The van der Waals surface area contributed by atoms with Crippen LogP contribution in [-0.2, 0) is 9.53 Å². The minimum atomic E-state index is -0.982. The first kappa shape index (κ1) is 14.9. The molecule has 1 saturated heterocycles. The van der Waals surface area contributed by atoms with Crippen molar-refractivity contribution < 1.29 is 14.6 Å². The molecule has 1 heterocycles. The number of carbonyl (C=O) groups is 1. The van der Waals surface area contributed by atoms with Gasteiger partial charge in [0.2, 0.25) is 0 Å². The maximum Gasteiger partial charge on any atom is 0.328 e. The molecule has 1 unspecified atom stereocenters. The molecule has 5 heteroatoms. The second kappa shape index (κ2) is 6.77. The van der Waals surface area contributed by atoms with E-state index in [1.165, 1.54) is 0 Å². The Bertz CT molecular complexity index is 516. The lowest BCUT2D eigenvalue weighted by Gasteiger charge is -2.34. The number of nitrogens with zero attached hydrogens (tertiary/aromatic N) is 1. The second-order valence-electron chi connectivity index (χ2n) is 4.79. The van der Waals surface area contributed by atoms with E-state index in [-0.39, 0.29) is 6.10 Å². The zero-order valence-corrected chi connectivity index (χ0v) is 12.1.